The Kier molecular flexibility index (Phi) is 4.91. The molecule has 78 valence electrons. The molecule has 0 aliphatic carbocycles. The van der Waals surface area contributed by atoms with E-state index in [-0.39, 0.29) is 5.82 Å². The maximum Gasteiger partial charge on any atom is 0.127 e. The third-order valence-electron chi connectivity index (χ3n) is 2.06. The lowest BCUT2D eigenvalue weighted by molar-refractivity contribution is 0.596. The summed E-state index contributed by atoms with van der Waals surface area (Å²) in [4.78, 5) is 0. The van der Waals surface area contributed by atoms with Crippen molar-refractivity contribution in [3.63, 3.8) is 0 Å². The summed E-state index contributed by atoms with van der Waals surface area (Å²) in [6, 6.07) is 4.85. The van der Waals surface area contributed by atoms with Gasteiger partial charge in [-0.1, -0.05) is 24.6 Å². The highest BCUT2D eigenvalue weighted by atomic mass is 35.5. The van der Waals surface area contributed by atoms with Gasteiger partial charge in [-0.05, 0) is 43.6 Å². The second-order valence-corrected chi connectivity index (χ2v) is 3.63. The third-order valence-corrected chi connectivity index (χ3v) is 2.30. The molecule has 14 heavy (non-hydrogen) atoms. The van der Waals surface area contributed by atoms with Gasteiger partial charge in [0.05, 0.1) is 0 Å². The fourth-order valence-corrected chi connectivity index (χ4v) is 1.46. The molecule has 1 rings (SSSR count). The molecule has 1 aromatic rings. The molecule has 1 aromatic carbocycles. The van der Waals surface area contributed by atoms with Gasteiger partial charge in [0.2, 0.25) is 0 Å². The Morgan fingerprint density at radius 1 is 1.43 bits per heavy atom. The lowest BCUT2D eigenvalue weighted by Gasteiger charge is -2.04. The molecule has 1 nitrogen and oxygen atoms in total. The van der Waals surface area contributed by atoms with Crippen molar-refractivity contribution >= 4 is 11.6 Å². The summed E-state index contributed by atoms with van der Waals surface area (Å²) >= 11 is 5.65. The Morgan fingerprint density at radius 3 is 2.86 bits per heavy atom. The van der Waals surface area contributed by atoms with Gasteiger partial charge in [-0.25, -0.2) is 4.39 Å². The summed E-state index contributed by atoms with van der Waals surface area (Å²) in [5, 5.41) is 3.66. The average molecular weight is 216 g/mol. The highest BCUT2D eigenvalue weighted by Gasteiger charge is 2.01. The van der Waals surface area contributed by atoms with Gasteiger partial charge in [-0.3, -0.25) is 0 Å². The van der Waals surface area contributed by atoms with Gasteiger partial charge < -0.3 is 5.32 Å². The second kappa shape index (κ2) is 5.99. The van der Waals surface area contributed by atoms with Crippen molar-refractivity contribution in [2.45, 2.75) is 19.8 Å². The van der Waals surface area contributed by atoms with Gasteiger partial charge in [-0.2, -0.15) is 0 Å². The van der Waals surface area contributed by atoms with Crippen LogP contribution in [0.4, 0.5) is 4.39 Å². The SMILES string of the molecule is CCNCCCc1ccc(Cl)cc1F. The molecule has 0 amide bonds. The number of halogens is 2. The normalized spacial score (nSPS) is 10.5. The van der Waals surface area contributed by atoms with Crippen molar-refractivity contribution in [3.8, 4) is 0 Å². The van der Waals surface area contributed by atoms with E-state index in [2.05, 4.69) is 12.2 Å². The lowest BCUT2D eigenvalue weighted by Crippen LogP contribution is -2.14. The molecule has 1 N–H and O–H groups in total. The van der Waals surface area contributed by atoms with Crippen molar-refractivity contribution in [1.82, 2.24) is 5.32 Å². The van der Waals surface area contributed by atoms with Crippen LogP contribution in [0, 0.1) is 5.82 Å². The van der Waals surface area contributed by atoms with Gasteiger partial charge in [0, 0.05) is 5.02 Å². The molecule has 0 spiro atoms. The highest BCUT2D eigenvalue weighted by Crippen LogP contribution is 2.15. The molecule has 0 saturated carbocycles. The average Bonchev–Trinajstić information content (AvgIpc) is 2.15. The van der Waals surface area contributed by atoms with E-state index in [9.17, 15) is 4.39 Å². The molecule has 0 aliphatic rings. The van der Waals surface area contributed by atoms with Crippen LogP contribution in [0.3, 0.4) is 0 Å². The minimum absolute atomic E-state index is 0.200. The zero-order valence-corrected chi connectivity index (χ0v) is 9.07. The van der Waals surface area contributed by atoms with Gasteiger partial charge in [-0.15, -0.1) is 0 Å². The molecule has 0 unspecified atom stereocenters. The van der Waals surface area contributed by atoms with Crippen molar-refractivity contribution < 1.29 is 4.39 Å². The van der Waals surface area contributed by atoms with E-state index in [1.165, 1.54) is 6.07 Å². The Hall–Kier alpha value is -0.600. The number of benzene rings is 1. The van der Waals surface area contributed by atoms with E-state index in [1.807, 2.05) is 0 Å². The number of hydrogen-bond acceptors (Lipinski definition) is 1. The quantitative estimate of drug-likeness (QED) is 0.745. The Morgan fingerprint density at radius 2 is 2.21 bits per heavy atom. The van der Waals surface area contributed by atoms with Crippen LogP contribution >= 0.6 is 11.6 Å². The van der Waals surface area contributed by atoms with Crippen LogP contribution in [-0.4, -0.2) is 13.1 Å². The Balaban J connectivity index is 2.42. The van der Waals surface area contributed by atoms with Crippen LogP contribution in [0.1, 0.15) is 18.9 Å². The minimum Gasteiger partial charge on any atom is -0.317 e. The van der Waals surface area contributed by atoms with Crippen LogP contribution in [0.25, 0.3) is 0 Å². The Bertz CT molecular complexity index is 289. The van der Waals surface area contributed by atoms with Gasteiger partial charge in [0.15, 0.2) is 0 Å². The summed E-state index contributed by atoms with van der Waals surface area (Å²) in [6.07, 6.45) is 1.71. The first-order valence-corrected chi connectivity index (χ1v) is 5.26. The van der Waals surface area contributed by atoms with E-state index in [4.69, 9.17) is 11.6 Å². The number of aryl methyl sites for hydroxylation is 1. The van der Waals surface area contributed by atoms with Gasteiger partial charge >= 0.3 is 0 Å². The molecule has 3 heteroatoms. The first-order chi connectivity index (χ1) is 6.74. The highest BCUT2D eigenvalue weighted by molar-refractivity contribution is 6.30. The summed E-state index contributed by atoms with van der Waals surface area (Å²) < 4.78 is 13.3. The van der Waals surface area contributed by atoms with Crippen LogP contribution in [-0.2, 0) is 6.42 Å². The number of hydrogen-bond donors (Lipinski definition) is 1. The van der Waals surface area contributed by atoms with Crippen LogP contribution in [0.5, 0.6) is 0 Å². The van der Waals surface area contributed by atoms with Crippen molar-refractivity contribution in [2.75, 3.05) is 13.1 Å². The summed E-state index contributed by atoms with van der Waals surface area (Å²) in [6.45, 7) is 3.95. The summed E-state index contributed by atoms with van der Waals surface area (Å²) in [5.74, 6) is -0.200. The van der Waals surface area contributed by atoms with Crippen molar-refractivity contribution in [1.29, 1.82) is 0 Å². The van der Waals surface area contributed by atoms with Crippen molar-refractivity contribution in [2.24, 2.45) is 0 Å². The van der Waals surface area contributed by atoms with Gasteiger partial charge in [0.25, 0.3) is 0 Å². The monoisotopic (exact) mass is 215 g/mol. The zero-order chi connectivity index (χ0) is 10.4. The fraction of sp³-hybridized carbons (Fsp3) is 0.455. The van der Waals surface area contributed by atoms with Gasteiger partial charge in [0.1, 0.15) is 5.82 Å². The molecule has 0 radical (unpaired) electrons. The minimum atomic E-state index is -0.200. The molecular formula is C11H15ClFN. The Labute approximate surface area is 89.3 Å². The van der Waals surface area contributed by atoms with E-state index in [0.29, 0.717) is 5.02 Å². The summed E-state index contributed by atoms with van der Waals surface area (Å²) in [7, 11) is 0. The van der Waals surface area contributed by atoms with Crippen LogP contribution in [0.2, 0.25) is 5.02 Å². The third kappa shape index (κ3) is 3.64. The topological polar surface area (TPSA) is 12.0 Å². The standard InChI is InChI=1S/C11H15ClFN/c1-2-14-7-3-4-9-5-6-10(12)8-11(9)13/h5-6,8,14H,2-4,7H2,1H3. The predicted octanol–water partition coefficient (Wildman–Crippen LogP) is 3.02. The molecule has 0 aliphatic heterocycles. The maximum absolute atomic E-state index is 13.3. The second-order valence-electron chi connectivity index (χ2n) is 3.19. The summed E-state index contributed by atoms with van der Waals surface area (Å²) in [5.41, 5.74) is 0.743. The van der Waals surface area contributed by atoms with E-state index in [0.717, 1.165) is 31.5 Å². The molecule has 0 saturated heterocycles. The molecular weight excluding hydrogens is 201 g/mol. The fourth-order valence-electron chi connectivity index (χ4n) is 1.31. The van der Waals surface area contributed by atoms with E-state index < -0.39 is 0 Å². The molecule has 0 aromatic heterocycles. The van der Waals surface area contributed by atoms with E-state index in [1.54, 1.807) is 12.1 Å². The maximum atomic E-state index is 13.3. The van der Waals surface area contributed by atoms with Crippen molar-refractivity contribution in [3.05, 3.63) is 34.6 Å². The predicted molar refractivity (Wildman–Crippen MR) is 58.3 cm³/mol. The molecule has 0 atom stereocenters. The molecule has 0 heterocycles. The first-order valence-electron chi connectivity index (χ1n) is 4.88. The molecule has 0 fully saturated rings. The largest absolute Gasteiger partial charge is 0.317 e. The number of nitrogens with one attached hydrogen (secondary N) is 1. The van der Waals surface area contributed by atoms with Crippen LogP contribution in [0.15, 0.2) is 18.2 Å². The zero-order valence-electron chi connectivity index (χ0n) is 8.32. The van der Waals surface area contributed by atoms with Crippen LogP contribution < -0.4 is 5.32 Å². The smallest absolute Gasteiger partial charge is 0.127 e. The first kappa shape index (κ1) is 11.5. The van der Waals surface area contributed by atoms with E-state index >= 15 is 0 Å². The molecule has 0 bridgehead atoms. The lowest BCUT2D eigenvalue weighted by atomic mass is 10.1. The number of rotatable bonds is 5.